The molecule has 1 aromatic carbocycles. The fraction of sp³-hybridized carbons (Fsp3) is 0.400. The summed E-state index contributed by atoms with van der Waals surface area (Å²) in [6.45, 7) is 6.54. The van der Waals surface area contributed by atoms with E-state index in [4.69, 9.17) is 0 Å². The predicted molar refractivity (Wildman–Crippen MR) is 48.9 cm³/mol. The van der Waals surface area contributed by atoms with Gasteiger partial charge in [0.25, 0.3) is 0 Å². The molecule has 62 valence electrons. The first-order chi connectivity index (χ1) is 4.70. The summed E-state index contributed by atoms with van der Waals surface area (Å²) in [4.78, 5) is 0. The van der Waals surface area contributed by atoms with Gasteiger partial charge < -0.3 is 5.48 Å². The molecule has 0 fully saturated rings. The molecule has 1 heteroatoms. The van der Waals surface area contributed by atoms with Gasteiger partial charge in [0, 0.05) is 0 Å². The second-order valence-corrected chi connectivity index (χ2v) is 3.07. The molecule has 0 aliphatic rings. The minimum atomic E-state index is 0. The van der Waals surface area contributed by atoms with E-state index in [1.807, 2.05) is 0 Å². The molecule has 0 atom stereocenters. The third-order valence-electron chi connectivity index (χ3n) is 1.74. The highest BCUT2D eigenvalue weighted by Gasteiger charge is 1.95. The average Bonchev–Trinajstić information content (AvgIpc) is 1.88. The molecule has 0 heterocycles. The van der Waals surface area contributed by atoms with Gasteiger partial charge in [-0.1, -0.05) is 43.7 Å². The van der Waals surface area contributed by atoms with Gasteiger partial charge in [0.2, 0.25) is 0 Å². The molecule has 2 N–H and O–H groups in total. The van der Waals surface area contributed by atoms with Crippen LogP contribution in [0.1, 0.15) is 30.9 Å². The monoisotopic (exact) mass is 152 g/mol. The molecule has 0 amide bonds. The van der Waals surface area contributed by atoms with Crippen LogP contribution in [0.2, 0.25) is 0 Å². The van der Waals surface area contributed by atoms with E-state index in [0.29, 0.717) is 5.92 Å². The molecule has 11 heavy (non-hydrogen) atoms. The summed E-state index contributed by atoms with van der Waals surface area (Å²) in [5, 5.41) is 0. The first kappa shape index (κ1) is 10.2. The van der Waals surface area contributed by atoms with E-state index in [0.717, 1.165) is 0 Å². The summed E-state index contributed by atoms with van der Waals surface area (Å²) in [7, 11) is 0. The molecule has 1 nitrogen and oxygen atoms in total. The molecule has 0 bridgehead atoms. The lowest BCUT2D eigenvalue weighted by Crippen LogP contribution is -1.85. The Balaban J connectivity index is 0.000001000. The van der Waals surface area contributed by atoms with Crippen LogP contribution in [0.5, 0.6) is 0 Å². The molecule has 0 radical (unpaired) electrons. The maximum Gasteiger partial charge on any atom is -0.0219 e. The second-order valence-electron chi connectivity index (χ2n) is 3.07. The van der Waals surface area contributed by atoms with Crippen molar-refractivity contribution in [3.63, 3.8) is 0 Å². The standard InChI is InChI=1S/C10H14.H2O/c1-8(2)10-6-4-9(3)5-7-10;/h4-8H,1-3H3;1H2. The van der Waals surface area contributed by atoms with Gasteiger partial charge in [-0.05, 0) is 18.4 Å². The average molecular weight is 152 g/mol. The van der Waals surface area contributed by atoms with Gasteiger partial charge in [-0.15, -0.1) is 0 Å². The third-order valence-corrected chi connectivity index (χ3v) is 1.74. The van der Waals surface area contributed by atoms with E-state index >= 15 is 0 Å². The van der Waals surface area contributed by atoms with Crippen molar-refractivity contribution >= 4 is 0 Å². The highest BCUT2D eigenvalue weighted by atomic mass is 16.0. The van der Waals surface area contributed by atoms with E-state index in [9.17, 15) is 0 Å². The lowest BCUT2D eigenvalue weighted by molar-refractivity contribution is 0.824. The molecule has 0 unspecified atom stereocenters. The number of hydrogen-bond acceptors (Lipinski definition) is 0. The summed E-state index contributed by atoms with van der Waals surface area (Å²) in [6, 6.07) is 8.71. The van der Waals surface area contributed by atoms with Crippen molar-refractivity contribution in [3.05, 3.63) is 35.4 Å². The first-order valence-electron chi connectivity index (χ1n) is 3.76. The summed E-state index contributed by atoms with van der Waals surface area (Å²) in [5.41, 5.74) is 2.76. The highest BCUT2D eigenvalue weighted by molar-refractivity contribution is 5.23. The highest BCUT2D eigenvalue weighted by Crippen LogP contribution is 2.13. The van der Waals surface area contributed by atoms with Crippen LogP contribution in [-0.2, 0) is 0 Å². The van der Waals surface area contributed by atoms with E-state index in [1.54, 1.807) is 0 Å². The van der Waals surface area contributed by atoms with Crippen molar-refractivity contribution < 1.29 is 5.48 Å². The van der Waals surface area contributed by atoms with Crippen LogP contribution in [0, 0.1) is 6.92 Å². The summed E-state index contributed by atoms with van der Waals surface area (Å²) >= 11 is 0. The third kappa shape index (κ3) is 2.72. The van der Waals surface area contributed by atoms with Crippen LogP contribution >= 0.6 is 0 Å². The quantitative estimate of drug-likeness (QED) is 0.591. The Morgan fingerprint density at radius 2 is 1.45 bits per heavy atom. The number of aryl methyl sites for hydroxylation is 1. The molecule has 0 aliphatic heterocycles. The van der Waals surface area contributed by atoms with Crippen molar-refractivity contribution in [2.45, 2.75) is 26.7 Å². The van der Waals surface area contributed by atoms with Gasteiger partial charge in [0.15, 0.2) is 0 Å². The first-order valence-corrected chi connectivity index (χ1v) is 3.76. The van der Waals surface area contributed by atoms with Gasteiger partial charge in [0.1, 0.15) is 0 Å². The molecule has 1 rings (SSSR count). The lowest BCUT2D eigenvalue weighted by Gasteiger charge is -2.03. The molecule has 1 aromatic rings. The second kappa shape index (κ2) is 4.14. The van der Waals surface area contributed by atoms with Crippen LogP contribution < -0.4 is 0 Å². The molecule has 0 saturated carbocycles. The van der Waals surface area contributed by atoms with Crippen molar-refractivity contribution in [3.8, 4) is 0 Å². The van der Waals surface area contributed by atoms with Crippen LogP contribution in [0.3, 0.4) is 0 Å². The van der Waals surface area contributed by atoms with Crippen molar-refractivity contribution in [2.24, 2.45) is 0 Å². The van der Waals surface area contributed by atoms with E-state index in [2.05, 4.69) is 45.0 Å². The Bertz CT molecular complexity index is 199. The zero-order valence-corrected chi connectivity index (χ0v) is 7.39. The minimum absolute atomic E-state index is 0. The Morgan fingerprint density at radius 1 is 1.00 bits per heavy atom. The van der Waals surface area contributed by atoms with E-state index in [1.165, 1.54) is 11.1 Å². The Labute approximate surface area is 68.4 Å². The number of rotatable bonds is 1. The van der Waals surface area contributed by atoms with E-state index < -0.39 is 0 Å². The topological polar surface area (TPSA) is 31.5 Å². The fourth-order valence-electron chi connectivity index (χ4n) is 0.951. The van der Waals surface area contributed by atoms with Crippen LogP contribution in [-0.4, -0.2) is 5.48 Å². The lowest BCUT2D eigenvalue weighted by atomic mass is 10.0. The number of benzene rings is 1. The Morgan fingerprint density at radius 3 is 1.82 bits per heavy atom. The maximum absolute atomic E-state index is 2.21. The van der Waals surface area contributed by atoms with Gasteiger partial charge in [-0.2, -0.15) is 0 Å². The smallest absolute Gasteiger partial charge is 0.0219 e. The molecular weight excluding hydrogens is 136 g/mol. The Hall–Kier alpha value is -0.820. The van der Waals surface area contributed by atoms with Crippen molar-refractivity contribution in [1.29, 1.82) is 0 Å². The fourth-order valence-corrected chi connectivity index (χ4v) is 0.951. The zero-order chi connectivity index (χ0) is 7.56. The normalized spacial score (nSPS) is 9.45. The zero-order valence-electron chi connectivity index (χ0n) is 7.39. The van der Waals surface area contributed by atoms with Crippen LogP contribution in [0.25, 0.3) is 0 Å². The summed E-state index contributed by atoms with van der Waals surface area (Å²) in [5.74, 6) is 0.653. The molecule has 0 aliphatic carbocycles. The number of hydrogen-bond donors (Lipinski definition) is 0. The van der Waals surface area contributed by atoms with Crippen LogP contribution in [0.4, 0.5) is 0 Å². The molecule has 0 spiro atoms. The van der Waals surface area contributed by atoms with E-state index in [-0.39, 0.29) is 5.48 Å². The summed E-state index contributed by atoms with van der Waals surface area (Å²) in [6.07, 6.45) is 0. The van der Waals surface area contributed by atoms with Crippen molar-refractivity contribution in [1.82, 2.24) is 0 Å². The van der Waals surface area contributed by atoms with Gasteiger partial charge >= 0.3 is 0 Å². The molecule has 0 saturated heterocycles. The molecular formula is C10H16O. The van der Waals surface area contributed by atoms with Crippen molar-refractivity contribution in [2.75, 3.05) is 0 Å². The molecule has 0 aromatic heterocycles. The van der Waals surface area contributed by atoms with Gasteiger partial charge in [-0.3, -0.25) is 0 Å². The SMILES string of the molecule is Cc1ccc(C(C)C)cc1.O. The minimum Gasteiger partial charge on any atom is -0.412 e. The predicted octanol–water partition coefficient (Wildman–Crippen LogP) is 2.29. The van der Waals surface area contributed by atoms with Gasteiger partial charge in [-0.25, -0.2) is 0 Å². The largest absolute Gasteiger partial charge is 0.412 e. The van der Waals surface area contributed by atoms with Gasteiger partial charge in [0.05, 0.1) is 0 Å². The maximum atomic E-state index is 2.21. The summed E-state index contributed by atoms with van der Waals surface area (Å²) < 4.78 is 0. The Kier molecular flexibility index (Phi) is 3.83. The van der Waals surface area contributed by atoms with Crippen LogP contribution in [0.15, 0.2) is 24.3 Å².